The average molecular weight is 286 g/mol. The van der Waals surface area contributed by atoms with Crippen molar-refractivity contribution in [1.82, 2.24) is 15.4 Å². The Morgan fingerprint density at radius 3 is 2.60 bits per heavy atom. The Bertz CT molecular complexity index is 587. The molecule has 2 aromatic rings. The quantitative estimate of drug-likeness (QED) is 0.395. The summed E-state index contributed by atoms with van der Waals surface area (Å²) in [5.74, 6) is 0.0491. The summed E-state index contributed by atoms with van der Waals surface area (Å²) in [7, 11) is 0. The molecule has 0 atom stereocenters. The normalized spacial score (nSPS) is 11.2. The molecule has 0 saturated carbocycles. The van der Waals surface area contributed by atoms with Crippen LogP contribution in [0.25, 0.3) is 0 Å². The molecule has 0 bridgehead atoms. The van der Waals surface area contributed by atoms with Gasteiger partial charge in [-0.3, -0.25) is 4.79 Å². The first-order valence-corrected chi connectivity index (χ1v) is 7.02. The molecule has 1 amide bonds. The molecule has 0 aliphatic rings. The topological polar surface area (TPSA) is 67.2 Å². The first-order chi connectivity index (χ1) is 9.75. The van der Waals surface area contributed by atoms with Gasteiger partial charge < -0.3 is 0 Å². The van der Waals surface area contributed by atoms with Gasteiger partial charge in [-0.1, -0.05) is 42.1 Å². The van der Waals surface area contributed by atoms with Crippen molar-refractivity contribution >= 4 is 23.4 Å². The van der Waals surface area contributed by atoms with Gasteiger partial charge in [0.2, 0.25) is 0 Å². The van der Waals surface area contributed by atoms with E-state index >= 15 is 0 Å². The van der Waals surface area contributed by atoms with Gasteiger partial charge in [-0.25, -0.2) is 15.4 Å². The molecule has 0 aliphatic carbocycles. The van der Waals surface area contributed by atoms with Crippen molar-refractivity contribution in [3.63, 3.8) is 0 Å². The number of hydrogen-bond acceptors (Lipinski definition) is 5. The summed E-state index contributed by atoms with van der Waals surface area (Å²) < 4.78 is 0. The SMILES string of the molecule is C/C(=N\NC(=O)CSc1ncccn1)c1ccccc1. The predicted molar refractivity (Wildman–Crippen MR) is 79.6 cm³/mol. The van der Waals surface area contributed by atoms with Crippen LogP contribution in [0.5, 0.6) is 0 Å². The molecule has 0 aliphatic heterocycles. The molecule has 2 rings (SSSR count). The number of nitrogens with one attached hydrogen (secondary N) is 1. The van der Waals surface area contributed by atoms with E-state index in [4.69, 9.17) is 0 Å². The molecule has 0 unspecified atom stereocenters. The van der Waals surface area contributed by atoms with Crippen molar-refractivity contribution in [1.29, 1.82) is 0 Å². The van der Waals surface area contributed by atoms with Crippen LogP contribution in [-0.2, 0) is 4.79 Å². The molecule has 1 N–H and O–H groups in total. The highest BCUT2D eigenvalue weighted by Gasteiger charge is 2.04. The van der Waals surface area contributed by atoms with Gasteiger partial charge in [-0.2, -0.15) is 5.10 Å². The Morgan fingerprint density at radius 1 is 1.20 bits per heavy atom. The zero-order chi connectivity index (χ0) is 14.2. The van der Waals surface area contributed by atoms with Crippen molar-refractivity contribution in [3.05, 3.63) is 54.4 Å². The lowest BCUT2D eigenvalue weighted by molar-refractivity contribution is -0.118. The fourth-order valence-electron chi connectivity index (χ4n) is 1.41. The van der Waals surface area contributed by atoms with Crippen LogP contribution in [0.3, 0.4) is 0 Å². The predicted octanol–water partition coefficient (Wildman–Crippen LogP) is 2.11. The molecule has 102 valence electrons. The fourth-order valence-corrected chi connectivity index (χ4v) is 2.01. The van der Waals surface area contributed by atoms with Crippen LogP contribution in [-0.4, -0.2) is 27.3 Å². The molecule has 0 spiro atoms. The molecule has 0 fully saturated rings. The van der Waals surface area contributed by atoms with Crippen LogP contribution in [0.15, 0.2) is 59.0 Å². The first-order valence-electron chi connectivity index (χ1n) is 6.04. The van der Waals surface area contributed by atoms with Gasteiger partial charge in [0.05, 0.1) is 11.5 Å². The Balaban J connectivity index is 1.83. The van der Waals surface area contributed by atoms with E-state index in [0.29, 0.717) is 5.16 Å². The van der Waals surface area contributed by atoms with Gasteiger partial charge in [-0.05, 0) is 18.6 Å². The summed E-state index contributed by atoms with van der Waals surface area (Å²) in [6, 6.07) is 11.4. The number of rotatable bonds is 5. The third kappa shape index (κ3) is 4.47. The van der Waals surface area contributed by atoms with E-state index in [-0.39, 0.29) is 11.7 Å². The molecule has 1 aromatic heterocycles. The summed E-state index contributed by atoms with van der Waals surface area (Å²) in [6.07, 6.45) is 3.29. The molecule has 6 heteroatoms. The Hall–Kier alpha value is -2.21. The summed E-state index contributed by atoms with van der Waals surface area (Å²) in [5, 5.41) is 4.64. The zero-order valence-electron chi connectivity index (χ0n) is 11.0. The molecular weight excluding hydrogens is 272 g/mol. The van der Waals surface area contributed by atoms with Crippen LogP contribution in [0.1, 0.15) is 12.5 Å². The lowest BCUT2D eigenvalue weighted by Crippen LogP contribution is -2.21. The molecule has 5 nitrogen and oxygen atoms in total. The Morgan fingerprint density at radius 2 is 1.90 bits per heavy atom. The number of thioether (sulfide) groups is 1. The van der Waals surface area contributed by atoms with Crippen LogP contribution < -0.4 is 5.43 Å². The average Bonchev–Trinajstić information content (AvgIpc) is 2.52. The number of nitrogens with zero attached hydrogens (tertiary/aromatic N) is 3. The molecular formula is C14H14N4OS. The van der Waals surface area contributed by atoms with E-state index in [1.54, 1.807) is 18.5 Å². The van der Waals surface area contributed by atoms with Gasteiger partial charge in [-0.15, -0.1) is 0 Å². The second-order valence-corrected chi connectivity index (χ2v) is 4.86. The van der Waals surface area contributed by atoms with Crippen molar-refractivity contribution < 1.29 is 4.79 Å². The third-order valence-electron chi connectivity index (χ3n) is 2.41. The maximum Gasteiger partial charge on any atom is 0.250 e. The summed E-state index contributed by atoms with van der Waals surface area (Å²) in [4.78, 5) is 19.7. The minimum absolute atomic E-state index is 0.183. The summed E-state index contributed by atoms with van der Waals surface area (Å²) >= 11 is 1.27. The number of amides is 1. The molecule has 20 heavy (non-hydrogen) atoms. The van der Waals surface area contributed by atoms with Gasteiger partial charge in [0.1, 0.15) is 0 Å². The Kier molecular flexibility index (Phi) is 5.25. The van der Waals surface area contributed by atoms with Crippen molar-refractivity contribution in [2.24, 2.45) is 5.10 Å². The zero-order valence-corrected chi connectivity index (χ0v) is 11.8. The smallest absolute Gasteiger partial charge is 0.250 e. The number of carbonyl (C=O) groups is 1. The minimum atomic E-state index is -0.183. The van der Waals surface area contributed by atoms with E-state index in [1.807, 2.05) is 37.3 Å². The van der Waals surface area contributed by atoms with E-state index < -0.39 is 0 Å². The molecule has 1 heterocycles. The van der Waals surface area contributed by atoms with E-state index in [0.717, 1.165) is 11.3 Å². The highest BCUT2D eigenvalue weighted by atomic mass is 32.2. The number of aromatic nitrogens is 2. The highest BCUT2D eigenvalue weighted by Crippen LogP contribution is 2.09. The summed E-state index contributed by atoms with van der Waals surface area (Å²) in [6.45, 7) is 1.85. The van der Waals surface area contributed by atoms with E-state index in [1.165, 1.54) is 11.8 Å². The number of benzene rings is 1. The molecule has 0 saturated heterocycles. The number of hydrogen-bond donors (Lipinski definition) is 1. The number of hydrazone groups is 1. The van der Waals surface area contributed by atoms with Gasteiger partial charge in [0.15, 0.2) is 5.16 Å². The van der Waals surface area contributed by atoms with E-state index in [2.05, 4.69) is 20.5 Å². The lowest BCUT2D eigenvalue weighted by atomic mass is 10.1. The second kappa shape index (κ2) is 7.40. The van der Waals surface area contributed by atoms with Crippen molar-refractivity contribution in [3.8, 4) is 0 Å². The van der Waals surface area contributed by atoms with Gasteiger partial charge in [0, 0.05) is 12.4 Å². The van der Waals surface area contributed by atoms with Crippen LogP contribution in [0.2, 0.25) is 0 Å². The minimum Gasteiger partial charge on any atom is -0.272 e. The maximum absolute atomic E-state index is 11.7. The van der Waals surface area contributed by atoms with Crippen molar-refractivity contribution in [2.75, 3.05) is 5.75 Å². The monoisotopic (exact) mass is 286 g/mol. The van der Waals surface area contributed by atoms with Gasteiger partial charge >= 0.3 is 0 Å². The largest absolute Gasteiger partial charge is 0.272 e. The van der Waals surface area contributed by atoms with E-state index in [9.17, 15) is 4.79 Å². The van der Waals surface area contributed by atoms with Crippen LogP contribution >= 0.6 is 11.8 Å². The first kappa shape index (κ1) is 14.2. The highest BCUT2D eigenvalue weighted by molar-refractivity contribution is 7.99. The number of carbonyl (C=O) groups excluding carboxylic acids is 1. The fraction of sp³-hybridized carbons (Fsp3) is 0.143. The lowest BCUT2D eigenvalue weighted by Gasteiger charge is -2.02. The molecule has 1 aromatic carbocycles. The second-order valence-electron chi connectivity index (χ2n) is 3.92. The van der Waals surface area contributed by atoms with Crippen LogP contribution in [0, 0.1) is 0 Å². The Labute approximate surface area is 121 Å². The van der Waals surface area contributed by atoms with Gasteiger partial charge in [0.25, 0.3) is 5.91 Å². The maximum atomic E-state index is 11.7. The van der Waals surface area contributed by atoms with Crippen molar-refractivity contribution in [2.45, 2.75) is 12.1 Å². The molecule has 0 radical (unpaired) electrons. The standard InChI is InChI=1S/C14H14N4OS/c1-11(12-6-3-2-4-7-12)17-18-13(19)10-20-14-15-8-5-9-16-14/h2-9H,10H2,1H3,(H,18,19)/b17-11+. The third-order valence-corrected chi connectivity index (χ3v) is 3.29. The summed E-state index contributed by atoms with van der Waals surface area (Å²) in [5.41, 5.74) is 4.27. The van der Waals surface area contributed by atoms with Crippen LogP contribution in [0.4, 0.5) is 0 Å².